The lowest BCUT2D eigenvalue weighted by atomic mass is 10.0. The van der Waals surface area contributed by atoms with E-state index < -0.39 is 5.60 Å². The third kappa shape index (κ3) is 3.13. The molecular weight excluding hydrogens is 324 g/mol. The third-order valence-corrected chi connectivity index (χ3v) is 5.44. The molecule has 1 aliphatic carbocycles. The van der Waals surface area contributed by atoms with Crippen molar-refractivity contribution in [3.63, 3.8) is 0 Å². The zero-order valence-electron chi connectivity index (χ0n) is 15.0. The number of para-hydroxylation sites is 1. The Hall–Kier alpha value is -2.59. The van der Waals surface area contributed by atoms with Gasteiger partial charge in [-0.2, -0.15) is 0 Å². The van der Waals surface area contributed by atoms with Gasteiger partial charge >= 0.3 is 0 Å². The van der Waals surface area contributed by atoms with Gasteiger partial charge in [-0.3, -0.25) is 4.79 Å². The van der Waals surface area contributed by atoms with E-state index in [0.29, 0.717) is 0 Å². The molecule has 2 N–H and O–H groups in total. The molecule has 26 heavy (non-hydrogen) atoms. The molecule has 4 nitrogen and oxygen atoms in total. The van der Waals surface area contributed by atoms with E-state index in [1.165, 1.54) is 0 Å². The van der Waals surface area contributed by atoms with Crippen molar-refractivity contribution in [2.75, 3.05) is 0 Å². The lowest BCUT2D eigenvalue weighted by Gasteiger charge is -2.26. The molecule has 0 bridgehead atoms. The predicted molar refractivity (Wildman–Crippen MR) is 104 cm³/mol. The summed E-state index contributed by atoms with van der Waals surface area (Å²) in [5, 5.41) is 14.6. The number of carbonyl (C=O) groups is 1. The van der Waals surface area contributed by atoms with Gasteiger partial charge in [-0.05, 0) is 43.9 Å². The molecule has 1 amide bonds. The Morgan fingerprint density at radius 1 is 1.19 bits per heavy atom. The number of hydrogen-bond donors (Lipinski definition) is 2. The molecule has 3 aromatic rings. The summed E-state index contributed by atoms with van der Waals surface area (Å²) < 4.78 is 2.06. The van der Waals surface area contributed by atoms with Gasteiger partial charge in [0.25, 0.3) is 0 Å². The monoisotopic (exact) mass is 348 g/mol. The summed E-state index contributed by atoms with van der Waals surface area (Å²) in [6, 6.07) is 20.2. The fourth-order valence-electron chi connectivity index (χ4n) is 3.99. The van der Waals surface area contributed by atoms with Crippen molar-refractivity contribution < 1.29 is 9.90 Å². The van der Waals surface area contributed by atoms with E-state index in [1.807, 2.05) is 43.3 Å². The van der Waals surface area contributed by atoms with Gasteiger partial charge in [0, 0.05) is 16.6 Å². The van der Waals surface area contributed by atoms with Crippen LogP contribution in [0.25, 0.3) is 22.2 Å². The van der Waals surface area contributed by atoms with Gasteiger partial charge in [0.2, 0.25) is 5.91 Å². The van der Waals surface area contributed by atoms with Crippen molar-refractivity contribution in [1.82, 2.24) is 9.88 Å². The first-order valence-electron chi connectivity index (χ1n) is 9.20. The van der Waals surface area contributed by atoms with Crippen molar-refractivity contribution in [3.8, 4) is 11.3 Å². The number of rotatable bonds is 4. The molecule has 4 heteroatoms. The number of benzene rings is 2. The minimum absolute atomic E-state index is 0.0595. The van der Waals surface area contributed by atoms with Crippen molar-refractivity contribution in [1.29, 1.82) is 0 Å². The van der Waals surface area contributed by atoms with Crippen LogP contribution in [0.3, 0.4) is 0 Å². The summed E-state index contributed by atoms with van der Waals surface area (Å²) in [6.45, 7) is 2.05. The first kappa shape index (κ1) is 16.9. The molecule has 1 aromatic heterocycles. The zero-order valence-corrected chi connectivity index (χ0v) is 15.0. The average molecular weight is 348 g/mol. The Morgan fingerprint density at radius 3 is 2.65 bits per heavy atom. The fourth-order valence-corrected chi connectivity index (χ4v) is 3.99. The molecule has 1 aliphatic rings. The highest BCUT2D eigenvalue weighted by Gasteiger charge is 2.37. The van der Waals surface area contributed by atoms with Crippen LogP contribution in [0, 0.1) is 0 Å². The minimum Gasteiger partial charge on any atom is -0.388 e. The standard InChI is InChI=1S/C22H24N2O2/c1-22(26)13-7-12-20(22)23-21(25)15-24-18-11-6-5-10-17(18)14-19(24)16-8-3-2-4-9-16/h2-6,8-11,14,20,26H,7,12-13,15H2,1H3,(H,23,25). The number of nitrogens with zero attached hydrogens (tertiary/aromatic N) is 1. The molecule has 0 saturated heterocycles. The smallest absolute Gasteiger partial charge is 0.240 e. The Bertz CT molecular complexity index is 928. The summed E-state index contributed by atoms with van der Waals surface area (Å²) in [4.78, 5) is 12.7. The molecule has 2 atom stereocenters. The van der Waals surface area contributed by atoms with Gasteiger partial charge in [-0.25, -0.2) is 0 Å². The first-order valence-corrected chi connectivity index (χ1v) is 9.20. The SMILES string of the molecule is CC1(O)CCCC1NC(=O)Cn1c(-c2ccccc2)cc2ccccc21. The highest BCUT2D eigenvalue weighted by atomic mass is 16.3. The molecule has 0 aliphatic heterocycles. The molecule has 2 unspecified atom stereocenters. The Labute approximate surface area is 153 Å². The van der Waals surface area contributed by atoms with E-state index in [2.05, 4.69) is 34.1 Å². The first-order chi connectivity index (χ1) is 12.5. The summed E-state index contributed by atoms with van der Waals surface area (Å²) in [5.41, 5.74) is 2.35. The van der Waals surface area contributed by atoms with Gasteiger partial charge in [-0.1, -0.05) is 48.5 Å². The second-order valence-corrected chi connectivity index (χ2v) is 7.41. The zero-order chi connectivity index (χ0) is 18.1. The van der Waals surface area contributed by atoms with E-state index >= 15 is 0 Å². The Balaban J connectivity index is 1.66. The maximum absolute atomic E-state index is 12.7. The summed E-state index contributed by atoms with van der Waals surface area (Å²) >= 11 is 0. The van der Waals surface area contributed by atoms with Crippen LogP contribution in [-0.4, -0.2) is 27.2 Å². The fraction of sp³-hybridized carbons (Fsp3) is 0.318. The van der Waals surface area contributed by atoms with Crippen LogP contribution in [0.4, 0.5) is 0 Å². The van der Waals surface area contributed by atoms with Crippen LogP contribution in [-0.2, 0) is 11.3 Å². The highest BCUT2D eigenvalue weighted by Crippen LogP contribution is 2.30. The Morgan fingerprint density at radius 2 is 1.92 bits per heavy atom. The van der Waals surface area contributed by atoms with Gasteiger partial charge in [0.05, 0.1) is 11.6 Å². The van der Waals surface area contributed by atoms with Gasteiger partial charge in [0.15, 0.2) is 0 Å². The number of hydrogen-bond acceptors (Lipinski definition) is 2. The molecule has 134 valence electrons. The highest BCUT2D eigenvalue weighted by molar-refractivity contribution is 5.89. The number of nitrogens with one attached hydrogen (secondary N) is 1. The summed E-state index contributed by atoms with van der Waals surface area (Å²) in [5.74, 6) is -0.0595. The largest absolute Gasteiger partial charge is 0.388 e. The predicted octanol–water partition coefficient (Wildman–Crippen LogP) is 3.73. The van der Waals surface area contributed by atoms with E-state index in [9.17, 15) is 9.90 Å². The van der Waals surface area contributed by atoms with E-state index in [4.69, 9.17) is 0 Å². The molecule has 2 aromatic carbocycles. The van der Waals surface area contributed by atoms with Gasteiger partial charge < -0.3 is 15.0 Å². The van der Waals surface area contributed by atoms with E-state index in [-0.39, 0.29) is 18.5 Å². The van der Waals surface area contributed by atoms with Crippen LogP contribution >= 0.6 is 0 Å². The molecule has 0 radical (unpaired) electrons. The molecule has 1 saturated carbocycles. The number of aliphatic hydroxyl groups is 1. The second-order valence-electron chi connectivity index (χ2n) is 7.41. The minimum atomic E-state index is -0.809. The Kier molecular flexibility index (Phi) is 4.29. The lowest BCUT2D eigenvalue weighted by molar-refractivity contribution is -0.123. The van der Waals surface area contributed by atoms with Crippen molar-refractivity contribution in [3.05, 3.63) is 60.7 Å². The van der Waals surface area contributed by atoms with Crippen LogP contribution in [0.1, 0.15) is 26.2 Å². The topological polar surface area (TPSA) is 54.3 Å². The lowest BCUT2D eigenvalue weighted by Crippen LogP contribution is -2.48. The maximum Gasteiger partial charge on any atom is 0.240 e. The van der Waals surface area contributed by atoms with Crippen LogP contribution in [0.2, 0.25) is 0 Å². The molecule has 4 rings (SSSR count). The number of amides is 1. The summed E-state index contributed by atoms with van der Waals surface area (Å²) in [6.07, 6.45) is 2.51. The maximum atomic E-state index is 12.7. The van der Waals surface area contributed by atoms with Gasteiger partial charge in [0.1, 0.15) is 6.54 Å². The molecule has 1 fully saturated rings. The van der Waals surface area contributed by atoms with E-state index in [1.54, 1.807) is 0 Å². The number of carbonyl (C=O) groups excluding carboxylic acids is 1. The number of aromatic nitrogens is 1. The second kappa shape index (κ2) is 6.61. The molecule has 0 spiro atoms. The van der Waals surface area contributed by atoms with Crippen molar-refractivity contribution in [2.45, 2.75) is 44.4 Å². The van der Waals surface area contributed by atoms with Crippen LogP contribution in [0.5, 0.6) is 0 Å². The van der Waals surface area contributed by atoms with E-state index in [0.717, 1.165) is 41.4 Å². The quantitative estimate of drug-likeness (QED) is 0.755. The third-order valence-electron chi connectivity index (χ3n) is 5.44. The number of fused-ring (bicyclic) bond motifs is 1. The molecular formula is C22H24N2O2. The molecule has 1 heterocycles. The van der Waals surface area contributed by atoms with Crippen LogP contribution in [0.15, 0.2) is 60.7 Å². The van der Waals surface area contributed by atoms with Crippen LogP contribution < -0.4 is 5.32 Å². The average Bonchev–Trinajstić information content (AvgIpc) is 3.16. The van der Waals surface area contributed by atoms with Gasteiger partial charge in [-0.15, -0.1) is 0 Å². The summed E-state index contributed by atoms with van der Waals surface area (Å²) in [7, 11) is 0. The van der Waals surface area contributed by atoms with Crippen molar-refractivity contribution >= 4 is 16.8 Å². The normalized spacial score (nSPS) is 22.6. The van der Waals surface area contributed by atoms with Crippen molar-refractivity contribution in [2.24, 2.45) is 0 Å².